The van der Waals surface area contributed by atoms with Gasteiger partial charge in [0, 0.05) is 24.0 Å². The molecular weight excluding hydrogens is 444 g/mol. The lowest BCUT2D eigenvalue weighted by Gasteiger charge is -2.28. The number of aromatic nitrogens is 6. The summed E-state index contributed by atoms with van der Waals surface area (Å²) >= 11 is 0. The van der Waals surface area contributed by atoms with Crippen LogP contribution >= 0.6 is 0 Å². The second kappa shape index (κ2) is 6.91. The Bertz CT molecular complexity index is 1510. The molecule has 0 aliphatic carbocycles. The largest absolute Gasteiger partial charge is 0.314 e. The zero-order valence-electron chi connectivity index (χ0n) is 15.8. The second-order valence-corrected chi connectivity index (χ2v) is 10.8. The fourth-order valence-corrected chi connectivity index (χ4v) is 6.85. The number of hydrogen-bond donors (Lipinski definition) is 4. The van der Waals surface area contributed by atoms with Crippen molar-refractivity contribution in [3.05, 3.63) is 36.5 Å². The van der Waals surface area contributed by atoms with Crippen molar-refractivity contribution >= 4 is 30.8 Å². The van der Waals surface area contributed by atoms with Gasteiger partial charge in [-0.3, -0.25) is 5.10 Å². The van der Waals surface area contributed by atoms with Gasteiger partial charge in [0.05, 0.1) is 21.9 Å². The Hall–Kier alpha value is -3.20. The van der Waals surface area contributed by atoms with Crippen molar-refractivity contribution in [1.29, 1.82) is 0 Å². The van der Waals surface area contributed by atoms with E-state index in [1.54, 1.807) is 18.3 Å². The van der Waals surface area contributed by atoms with Crippen LogP contribution in [0.15, 0.2) is 46.3 Å². The van der Waals surface area contributed by atoms with Crippen molar-refractivity contribution in [3.8, 4) is 22.5 Å². The van der Waals surface area contributed by atoms with E-state index >= 15 is 0 Å². The SMILES string of the molecule is NS(=O)(=O)c1c(S(=O)(=O)C2CNC2)ccc(-c2cccc3[nH]ncc23)c1-c1nnn[nH]1. The maximum atomic E-state index is 13.2. The summed E-state index contributed by atoms with van der Waals surface area (Å²) in [5.41, 5.74) is 1.69. The molecule has 2 aromatic heterocycles. The third-order valence-corrected chi connectivity index (χ3v) is 8.54. The zero-order valence-corrected chi connectivity index (χ0v) is 17.4. The van der Waals surface area contributed by atoms with Crippen molar-refractivity contribution in [3.63, 3.8) is 0 Å². The number of rotatable bonds is 5. The monoisotopic (exact) mass is 460 g/mol. The fraction of sp³-hybridized carbons (Fsp3) is 0.176. The Morgan fingerprint density at radius 3 is 2.45 bits per heavy atom. The van der Waals surface area contributed by atoms with Crippen LogP contribution in [0.2, 0.25) is 0 Å². The zero-order chi connectivity index (χ0) is 21.8. The standard InChI is InChI=1S/C17H16N8O4S2/c18-31(28,29)16-14(30(26,27)9-6-19-7-9)5-4-11(15(16)17-22-24-25-23-17)10-2-1-3-13-12(10)8-20-21-13/h1-5,8-9,19H,6-7H2,(H,20,21)(H2,18,28,29)(H,22,23,24,25). The van der Waals surface area contributed by atoms with E-state index in [2.05, 4.69) is 36.1 Å². The Kier molecular flexibility index (Phi) is 4.40. The molecule has 0 radical (unpaired) electrons. The van der Waals surface area contributed by atoms with Gasteiger partial charge in [-0.1, -0.05) is 18.2 Å². The minimum Gasteiger partial charge on any atom is -0.314 e. The van der Waals surface area contributed by atoms with Gasteiger partial charge in [0.2, 0.25) is 10.0 Å². The molecule has 0 amide bonds. The van der Waals surface area contributed by atoms with Crippen LogP contribution in [0.4, 0.5) is 0 Å². The molecule has 14 heteroatoms. The minimum atomic E-state index is -4.50. The minimum absolute atomic E-state index is 0.0189. The average molecular weight is 461 g/mol. The van der Waals surface area contributed by atoms with E-state index in [4.69, 9.17) is 5.14 Å². The molecule has 0 unspecified atom stereocenters. The van der Waals surface area contributed by atoms with Crippen LogP contribution in [0.25, 0.3) is 33.4 Å². The van der Waals surface area contributed by atoms with Crippen LogP contribution < -0.4 is 10.5 Å². The number of nitrogens with one attached hydrogen (secondary N) is 3. The van der Waals surface area contributed by atoms with Gasteiger partial charge in [-0.05, 0) is 33.7 Å². The molecular formula is C17H16N8O4S2. The van der Waals surface area contributed by atoms with Crippen molar-refractivity contribution in [2.24, 2.45) is 5.14 Å². The van der Waals surface area contributed by atoms with Crippen LogP contribution in [0.3, 0.4) is 0 Å². The molecule has 160 valence electrons. The molecule has 4 aromatic rings. The summed E-state index contributed by atoms with van der Waals surface area (Å²) in [5, 5.41) is 28.7. The van der Waals surface area contributed by atoms with Crippen molar-refractivity contribution in [1.82, 2.24) is 36.1 Å². The van der Waals surface area contributed by atoms with Crippen LogP contribution in [-0.2, 0) is 19.9 Å². The van der Waals surface area contributed by atoms with E-state index in [9.17, 15) is 16.8 Å². The molecule has 3 heterocycles. The summed E-state index contributed by atoms with van der Waals surface area (Å²) < 4.78 is 51.8. The van der Waals surface area contributed by atoms with E-state index in [0.717, 1.165) is 0 Å². The number of primary sulfonamides is 1. The summed E-state index contributed by atoms with van der Waals surface area (Å²) in [7, 11) is -8.48. The first kappa shape index (κ1) is 19.7. The topological polar surface area (TPSA) is 189 Å². The lowest BCUT2D eigenvalue weighted by Crippen LogP contribution is -2.51. The maximum Gasteiger partial charge on any atom is 0.240 e. The fourth-order valence-electron chi connectivity index (χ4n) is 3.66. The van der Waals surface area contributed by atoms with Crippen molar-refractivity contribution < 1.29 is 16.8 Å². The number of tetrazole rings is 1. The Morgan fingerprint density at radius 2 is 1.81 bits per heavy atom. The van der Waals surface area contributed by atoms with Crippen molar-refractivity contribution in [2.45, 2.75) is 15.0 Å². The first-order valence-corrected chi connectivity index (χ1v) is 12.2. The Morgan fingerprint density at radius 1 is 1.00 bits per heavy atom. The number of hydrogen-bond acceptors (Lipinski definition) is 9. The van der Waals surface area contributed by atoms with Gasteiger partial charge in [-0.25, -0.2) is 27.1 Å². The molecule has 0 saturated carbocycles. The number of nitrogens with two attached hydrogens (primary N) is 1. The van der Waals surface area contributed by atoms with E-state index in [1.165, 1.54) is 12.1 Å². The summed E-state index contributed by atoms with van der Waals surface area (Å²) in [6.07, 6.45) is 1.59. The Balaban J connectivity index is 1.91. The highest BCUT2D eigenvalue weighted by Crippen LogP contribution is 2.41. The molecule has 1 fully saturated rings. The summed E-state index contributed by atoms with van der Waals surface area (Å²) in [6.45, 7) is 0.448. The van der Waals surface area contributed by atoms with Crippen LogP contribution in [-0.4, -0.2) is 66.0 Å². The summed E-state index contributed by atoms with van der Waals surface area (Å²) in [6, 6.07) is 8.14. The second-order valence-electron chi connectivity index (χ2n) is 7.07. The number of nitrogens with zero attached hydrogens (tertiary/aromatic N) is 4. The number of aromatic amines is 2. The molecule has 0 spiro atoms. The summed E-state index contributed by atoms with van der Waals surface area (Å²) in [5.74, 6) is -0.0247. The molecule has 0 bridgehead atoms. The number of sulfonamides is 1. The molecule has 5 rings (SSSR count). The number of fused-ring (bicyclic) bond motifs is 1. The molecule has 0 atom stereocenters. The van der Waals surface area contributed by atoms with E-state index in [-0.39, 0.29) is 29.4 Å². The average Bonchev–Trinajstić information content (AvgIpc) is 3.35. The maximum absolute atomic E-state index is 13.2. The third kappa shape index (κ3) is 3.11. The first-order chi connectivity index (χ1) is 14.8. The predicted molar refractivity (Wildman–Crippen MR) is 110 cm³/mol. The highest BCUT2D eigenvalue weighted by molar-refractivity contribution is 7.94. The van der Waals surface area contributed by atoms with Gasteiger partial charge < -0.3 is 5.32 Å². The normalized spacial score (nSPS) is 15.3. The highest BCUT2D eigenvalue weighted by atomic mass is 32.2. The molecule has 31 heavy (non-hydrogen) atoms. The van der Waals surface area contributed by atoms with E-state index in [1.807, 2.05) is 6.07 Å². The highest BCUT2D eigenvalue weighted by Gasteiger charge is 2.38. The number of H-pyrrole nitrogens is 2. The molecule has 5 N–H and O–H groups in total. The van der Waals surface area contributed by atoms with Crippen LogP contribution in [0.5, 0.6) is 0 Å². The van der Waals surface area contributed by atoms with Gasteiger partial charge >= 0.3 is 0 Å². The van der Waals surface area contributed by atoms with Gasteiger partial charge in [-0.2, -0.15) is 5.10 Å². The van der Waals surface area contributed by atoms with Crippen LogP contribution in [0, 0.1) is 0 Å². The van der Waals surface area contributed by atoms with Gasteiger partial charge in [0.15, 0.2) is 15.7 Å². The Labute approximate surface area is 176 Å². The predicted octanol–water partition coefficient (Wildman–Crippen LogP) is -0.197. The van der Waals surface area contributed by atoms with Gasteiger partial charge in [-0.15, -0.1) is 5.10 Å². The molecule has 1 aliphatic rings. The molecule has 12 nitrogen and oxygen atoms in total. The van der Waals surface area contributed by atoms with E-state index < -0.39 is 30.0 Å². The lowest BCUT2D eigenvalue weighted by atomic mass is 9.96. The molecule has 1 aliphatic heterocycles. The molecule has 1 saturated heterocycles. The third-order valence-electron chi connectivity index (χ3n) is 5.25. The smallest absolute Gasteiger partial charge is 0.240 e. The van der Waals surface area contributed by atoms with E-state index in [0.29, 0.717) is 22.0 Å². The van der Waals surface area contributed by atoms with Crippen LogP contribution in [0.1, 0.15) is 0 Å². The lowest BCUT2D eigenvalue weighted by molar-refractivity contribution is 0.493. The van der Waals surface area contributed by atoms with Crippen molar-refractivity contribution in [2.75, 3.05) is 13.1 Å². The number of benzene rings is 2. The molecule has 2 aromatic carbocycles. The quantitative estimate of drug-likeness (QED) is 0.312. The first-order valence-electron chi connectivity index (χ1n) is 9.09. The van der Waals surface area contributed by atoms with Gasteiger partial charge in [0.1, 0.15) is 4.90 Å². The summed E-state index contributed by atoms with van der Waals surface area (Å²) in [4.78, 5) is -0.924. The number of sulfone groups is 1. The van der Waals surface area contributed by atoms with Gasteiger partial charge in [0.25, 0.3) is 0 Å².